The van der Waals surface area contributed by atoms with Crippen LogP contribution in [0.4, 0.5) is 17.1 Å². The molecule has 0 spiro atoms. The van der Waals surface area contributed by atoms with Gasteiger partial charge in [-0.05, 0) is 48.5 Å². The van der Waals surface area contributed by atoms with Crippen molar-refractivity contribution in [3.05, 3.63) is 152 Å². The summed E-state index contributed by atoms with van der Waals surface area (Å²) in [6.07, 6.45) is 3.79. The standard InChI is InChI=1S/C43H25N7/c1-3-10-26(11-4-1)41-46-42(27-12-5-2-6-13-27)48-43(47-41)28-19-21-29(22-20-28)49-34-17-7-14-31-30-16-9-24-44-36(30)33-23-25-45-37-32-15-8-18-35(49)39(32)50(38(31)34)40(33)37/h1-25H. The van der Waals surface area contributed by atoms with Crippen LogP contribution >= 0.6 is 0 Å². The van der Waals surface area contributed by atoms with Gasteiger partial charge in [-0.25, -0.2) is 15.0 Å². The zero-order valence-electron chi connectivity index (χ0n) is 26.6. The molecule has 0 saturated heterocycles. The molecule has 7 nitrogen and oxygen atoms in total. The van der Waals surface area contributed by atoms with Crippen molar-refractivity contribution in [3.63, 3.8) is 0 Å². The molecule has 0 amide bonds. The Labute approximate surface area is 286 Å². The summed E-state index contributed by atoms with van der Waals surface area (Å²) in [7, 11) is 0. The van der Waals surface area contributed by atoms with Crippen LogP contribution < -0.4 is 4.90 Å². The van der Waals surface area contributed by atoms with E-state index < -0.39 is 0 Å². The van der Waals surface area contributed by atoms with Crippen LogP contribution in [0.1, 0.15) is 0 Å². The van der Waals surface area contributed by atoms with Crippen molar-refractivity contribution in [1.29, 1.82) is 0 Å². The second kappa shape index (κ2) is 10.3. The highest BCUT2D eigenvalue weighted by atomic mass is 15.2. The SMILES string of the molecule is c1ccc(-c2nc(-c3ccccc3)nc(-c3ccc(N4c5cccc6c5-n5c7c4cccc7c4nccc(c45)-c4ncccc4-6)cc3)n2)cc1. The number of para-hydroxylation sites is 2. The molecule has 4 aromatic heterocycles. The van der Waals surface area contributed by atoms with Crippen LogP contribution in [0.5, 0.6) is 0 Å². The van der Waals surface area contributed by atoms with E-state index in [0.717, 1.165) is 83.8 Å². The zero-order valence-corrected chi connectivity index (χ0v) is 26.6. The van der Waals surface area contributed by atoms with Gasteiger partial charge in [0.2, 0.25) is 0 Å². The lowest BCUT2D eigenvalue weighted by Crippen LogP contribution is -2.18. The van der Waals surface area contributed by atoms with Crippen LogP contribution in [0.25, 0.3) is 84.2 Å². The Kier molecular flexibility index (Phi) is 5.54. The third-order valence-electron chi connectivity index (χ3n) is 9.80. The average molecular weight is 640 g/mol. The monoisotopic (exact) mass is 639 g/mol. The van der Waals surface area contributed by atoms with Gasteiger partial charge in [-0.1, -0.05) is 91.0 Å². The van der Waals surface area contributed by atoms with E-state index in [-0.39, 0.29) is 0 Å². The highest BCUT2D eigenvalue weighted by molar-refractivity contribution is 6.20. The fraction of sp³-hybridized carbons (Fsp3) is 0. The quantitative estimate of drug-likeness (QED) is 0.191. The molecule has 0 unspecified atom stereocenters. The predicted molar refractivity (Wildman–Crippen MR) is 199 cm³/mol. The molecule has 0 bridgehead atoms. The topological polar surface area (TPSA) is 72.6 Å². The van der Waals surface area contributed by atoms with Crippen LogP contribution in [0.15, 0.2) is 152 Å². The molecule has 0 aliphatic carbocycles. The van der Waals surface area contributed by atoms with E-state index in [9.17, 15) is 0 Å². The lowest BCUT2D eigenvalue weighted by molar-refractivity contribution is 1.07. The number of anilines is 3. The molecule has 6 heterocycles. The molecule has 9 aromatic rings. The van der Waals surface area contributed by atoms with Crippen molar-refractivity contribution in [2.45, 2.75) is 0 Å². The van der Waals surface area contributed by atoms with Gasteiger partial charge in [0.1, 0.15) is 0 Å². The van der Waals surface area contributed by atoms with Gasteiger partial charge in [0, 0.05) is 56.8 Å². The number of aromatic nitrogens is 6. The number of fused-ring (bicyclic) bond motifs is 4. The van der Waals surface area contributed by atoms with Gasteiger partial charge >= 0.3 is 0 Å². The largest absolute Gasteiger partial charge is 0.306 e. The molecular weight excluding hydrogens is 615 g/mol. The minimum atomic E-state index is 0.626. The Bertz CT molecular complexity index is 2750. The van der Waals surface area contributed by atoms with Gasteiger partial charge in [0.15, 0.2) is 17.5 Å². The minimum Gasteiger partial charge on any atom is -0.306 e. The summed E-state index contributed by atoms with van der Waals surface area (Å²) in [5.74, 6) is 1.91. The Morgan fingerprint density at radius 1 is 0.420 bits per heavy atom. The van der Waals surface area contributed by atoms with E-state index in [1.54, 1.807) is 0 Å². The third-order valence-corrected chi connectivity index (χ3v) is 9.80. The van der Waals surface area contributed by atoms with Crippen LogP contribution in [-0.2, 0) is 0 Å². The van der Waals surface area contributed by atoms with Gasteiger partial charge < -0.3 is 9.47 Å². The molecule has 0 saturated carbocycles. The van der Waals surface area contributed by atoms with Crippen molar-refractivity contribution >= 4 is 39.0 Å². The molecular formula is C43H25N7. The molecule has 7 heteroatoms. The second-order valence-corrected chi connectivity index (χ2v) is 12.6. The van der Waals surface area contributed by atoms with E-state index in [4.69, 9.17) is 24.9 Å². The Morgan fingerprint density at radius 2 is 1.06 bits per heavy atom. The molecule has 11 rings (SSSR count). The first-order valence-electron chi connectivity index (χ1n) is 16.6. The van der Waals surface area contributed by atoms with Crippen molar-refractivity contribution in [1.82, 2.24) is 29.5 Å². The lowest BCUT2D eigenvalue weighted by Gasteiger charge is -2.34. The van der Waals surface area contributed by atoms with Crippen molar-refractivity contribution in [3.8, 4) is 62.2 Å². The normalized spacial score (nSPS) is 12.4. The molecule has 50 heavy (non-hydrogen) atoms. The summed E-state index contributed by atoms with van der Waals surface area (Å²) in [6.45, 7) is 0. The number of hydrogen-bond acceptors (Lipinski definition) is 6. The van der Waals surface area contributed by atoms with E-state index in [1.165, 1.54) is 0 Å². The smallest absolute Gasteiger partial charge is 0.164 e. The molecule has 232 valence electrons. The minimum absolute atomic E-state index is 0.626. The van der Waals surface area contributed by atoms with E-state index >= 15 is 0 Å². The lowest BCUT2D eigenvalue weighted by atomic mass is 9.96. The Balaban J connectivity index is 1.12. The van der Waals surface area contributed by atoms with E-state index in [0.29, 0.717) is 17.5 Å². The molecule has 5 aromatic carbocycles. The van der Waals surface area contributed by atoms with Gasteiger partial charge in [0.05, 0.1) is 39.3 Å². The van der Waals surface area contributed by atoms with Crippen molar-refractivity contribution in [2.24, 2.45) is 0 Å². The highest BCUT2D eigenvalue weighted by Gasteiger charge is 2.34. The van der Waals surface area contributed by atoms with E-state index in [1.807, 2.05) is 79.1 Å². The van der Waals surface area contributed by atoms with Gasteiger partial charge in [0.25, 0.3) is 0 Å². The molecule has 2 aliphatic heterocycles. The first kappa shape index (κ1) is 27.0. The van der Waals surface area contributed by atoms with Crippen molar-refractivity contribution < 1.29 is 0 Å². The van der Waals surface area contributed by atoms with Crippen molar-refractivity contribution in [2.75, 3.05) is 4.90 Å². The number of pyridine rings is 2. The van der Waals surface area contributed by atoms with Gasteiger partial charge in [-0.15, -0.1) is 0 Å². The fourth-order valence-electron chi connectivity index (χ4n) is 7.65. The second-order valence-electron chi connectivity index (χ2n) is 12.6. The van der Waals surface area contributed by atoms with E-state index in [2.05, 4.69) is 82.3 Å². The third kappa shape index (κ3) is 3.77. The molecule has 0 fully saturated rings. The van der Waals surface area contributed by atoms with Gasteiger partial charge in [-0.3, -0.25) is 9.97 Å². The first-order valence-corrected chi connectivity index (χ1v) is 16.6. The number of rotatable bonds is 4. The summed E-state index contributed by atoms with van der Waals surface area (Å²) >= 11 is 0. The summed E-state index contributed by atoms with van der Waals surface area (Å²) < 4.78 is 2.42. The molecule has 0 radical (unpaired) electrons. The summed E-state index contributed by atoms with van der Waals surface area (Å²) in [4.78, 5) is 27.0. The maximum Gasteiger partial charge on any atom is 0.164 e. The predicted octanol–water partition coefficient (Wildman–Crippen LogP) is 10.2. The summed E-state index contributed by atoms with van der Waals surface area (Å²) in [5.41, 5.74) is 14.7. The zero-order chi connectivity index (χ0) is 32.8. The average Bonchev–Trinajstić information content (AvgIpc) is 3.47. The molecule has 0 atom stereocenters. The molecule has 2 aliphatic rings. The van der Waals surface area contributed by atoms with Gasteiger partial charge in [-0.2, -0.15) is 0 Å². The highest BCUT2D eigenvalue weighted by Crippen LogP contribution is 2.55. The molecule has 0 N–H and O–H groups in total. The Hall–Kier alpha value is -6.99. The van der Waals surface area contributed by atoms with Crippen LogP contribution in [0.2, 0.25) is 0 Å². The van der Waals surface area contributed by atoms with Crippen LogP contribution in [0.3, 0.4) is 0 Å². The number of nitrogens with zero attached hydrogens (tertiary/aromatic N) is 7. The first-order chi connectivity index (χ1) is 24.8. The maximum absolute atomic E-state index is 4.96. The Morgan fingerprint density at radius 3 is 1.78 bits per heavy atom. The number of hydrogen-bond donors (Lipinski definition) is 0. The fourth-order valence-corrected chi connectivity index (χ4v) is 7.65. The van der Waals surface area contributed by atoms with Crippen LogP contribution in [0, 0.1) is 0 Å². The van der Waals surface area contributed by atoms with Crippen LogP contribution in [-0.4, -0.2) is 29.5 Å². The maximum atomic E-state index is 4.96. The number of benzene rings is 5. The summed E-state index contributed by atoms with van der Waals surface area (Å²) in [5, 5.41) is 1.12. The summed E-state index contributed by atoms with van der Waals surface area (Å²) in [6, 6.07) is 48.1.